The second-order valence-corrected chi connectivity index (χ2v) is 10.1. The van der Waals surface area contributed by atoms with Crippen molar-refractivity contribution < 1.29 is 4.79 Å². The summed E-state index contributed by atoms with van der Waals surface area (Å²) in [7, 11) is 0. The van der Waals surface area contributed by atoms with Crippen LogP contribution >= 0.6 is 0 Å². The van der Waals surface area contributed by atoms with Gasteiger partial charge in [0.25, 0.3) is 0 Å². The Morgan fingerprint density at radius 2 is 1.81 bits per heavy atom. The number of benzene rings is 1. The van der Waals surface area contributed by atoms with Crippen LogP contribution in [-0.2, 0) is 6.54 Å². The molecule has 0 aliphatic carbocycles. The van der Waals surface area contributed by atoms with Crippen LogP contribution in [0.15, 0.2) is 30.6 Å². The first-order valence-electron chi connectivity index (χ1n) is 11.9. The minimum Gasteiger partial charge on any atom is -0.371 e. The molecular weight excluding hydrogens is 386 g/mol. The van der Waals surface area contributed by atoms with Gasteiger partial charge in [-0.2, -0.15) is 9.78 Å². The number of likely N-dealkylation sites (tertiary alicyclic amines) is 2. The van der Waals surface area contributed by atoms with Gasteiger partial charge in [-0.1, -0.05) is 26.0 Å². The van der Waals surface area contributed by atoms with E-state index >= 15 is 0 Å². The highest BCUT2D eigenvalue weighted by molar-refractivity contribution is 5.76. The smallest absolute Gasteiger partial charge is 0.344 e. The Labute approximate surface area is 185 Å². The first kappa shape index (κ1) is 20.6. The lowest BCUT2D eigenvalue weighted by Gasteiger charge is -2.26. The Morgan fingerprint density at radius 1 is 1.10 bits per heavy atom. The average Bonchev–Trinajstić information content (AvgIpc) is 3.52. The average molecular weight is 422 g/mol. The number of rotatable bonds is 4. The van der Waals surface area contributed by atoms with Crippen LogP contribution < -0.4 is 4.90 Å². The van der Waals surface area contributed by atoms with Crippen molar-refractivity contribution in [3.8, 4) is 0 Å². The molecule has 6 nitrogen and oxygen atoms in total. The molecule has 166 valence electrons. The van der Waals surface area contributed by atoms with Gasteiger partial charge in [0.15, 0.2) is 0 Å². The van der Waals surface area contributed by atoms with Crippen molar-refractivity contribution in [2.24, 2.45) is 11.8 Å². The SMILES string of the molecule is Cc1cnn(C(=O)N2CC3CN(Cc4ccc(C(C)C)cc4N4CCCC4)CC3C2)c1. The number of aryl methyl sites for hydroxylation is 1. The van der Waals surface area contributed by atoms with Crippen molar-refractivity contribution in [3.05, 3.63) is 47.3 Å². The number of aromatic nitrogens is 2. The van der Waals surface area contributed by atoms with Crippen LogP contribution in [0, 0.1) is 18.8 Å². The predicted molar refractivity (Wildman–Crippen MR) is 124 cm³/mol. The molecule has 0 bridgehead atoms. The van der Waals surface area contributed by atoms with Gasteiger partial charge in [0.2, 0.25) is 0 Å². The zero-order chi connectivity index (χ0) is 21.5. The van der Waals surface area contributed by atoms with E-state index in [4.69, 9.17) is 0 Å². The maximum Gasteiger partial charge on any atom is 0.344 e. The summed E-state index contributed by atoms with van der Waals surface area (Å²) in [6.45, 7) is 13.8. The third-order valence-electron chi connectivity index (χ3n) is 7.36. The van der Waals surface area contributed by atoms with Crippen molar-refractivity contribution in [3.63, 3.8) is 0 Å². The molecule has 0 radical (unpaired) electrons. The van der Waals surface area contributed by atoms with Gasteiger partial charge in [-0.05, 0) is 60.3 Å². The van der Waals surface area contributed by atoms with Crippen LogP contribution in [0.4, 0.5) is 10.5 Å². The number of carbonyl (C=O) groups is 1. The van der Waals surface area contributed by atoms with E-state index in [9.17, 15) is 4.79 Å². The highest BCUT2D eigenvalue weighted by Gasteiger charge is 2.42. The normalized spacial score (nSPS) is 23.9. The Kier molecular flexibility index (Phi) is 5.51. The van der Waals surface area contributed by atoms with Gasteiger partial charge in [-0.25, -0.2) is 4.79 Å². The van der Waals surface area contributed by atoms with E-state index in [-0.39, 0.29) is 6.03 Å². The van der Waals surface area contributed by atoms with Gasteiger partial charge in [0.1, 0.15) is 0 Å². The molecule has 6 heteroatoms. The molecule has 1 aromatic heterocycles. The van der Waals surface area contributed by atoms with Gasteiger partial charge in [-0.3, -0.25) is 4.90 Å². The van der Waals surface area contributed by atoms with Gasteiger partial charge in [0.05, 0.1) is 6.20 Å². The van der Waals surface area contributed by atoms with E-state index < -0.39 is 0 Å². The van der Waals surface area contributed by atoms with Crippen molar-refractivity contribution in [2.45, 2.75) is 46.1 Å². The summed E-state index contributed by atoms with van der Waals surface area (Å²) < 4.78 is 1.49. The van der Waals surface area contributed by atoms with Gasteiger partial charge < -0.3 is 9.80 Å². The topological polar surface area (TPSA) is 44.6 Å². The maximum absolute atomic E-state index is 12.7. The molecule has 4 heterocycles. The molecule has 2 atom stereocenters. The Hall–Kier alpha value is -2.34. The van der Waals surface area contributed by atoms with Crippen LogP contribution in [-0.4, -0.2) is 64.9 Å². The first-order valence-corrected chi connectivity index (χ1v) is 11.9. The molecule has 3 aliphatic heterocycles. The number of hydrogen-bond donors (Lipinski definition) is 0. The molecule has 31 heavy (non-hydrogen) atoms. The lowest BCUT2D eigenvalue weighted by atomic mass is 9.99. The number of carbonyl (C=O) groups excluding carboxylic acids is 1. The van der Waals surface area contributed by atoms with Crippen LogP contribution in [0.5, 0.6) is 0 Å². The number of anilines is 1. The maximum atomic E-state index is 12.7. The fourth-order valence-electron chi connectivity index (χ4n) is 5.60. The lowest BCUT2D eigenvalue weighted by molar-refractivity contribution is 0.197. The summed E-state index contributed by atoms with van der Waals surface area (Å²) in [5, 5.41) is 4.20. The Balaban J connectivity index is 1.25. The summed E-state index contributed by atoms with van der Waals surface area (Å²) in [5.74, 6) is 1.71. The number of nitrogens with zero attached hydrogens (tertiary/aromatic N) is 5. The first-order chi connectivity index (χ1) is 15.0. The summed E-state index contributed by atoms with van der Waals surface area (Å²) >= 11 is 0. The highest BCUT2D eigenvalue weighted by Crippen LogP contribution is 2.35. The van der Waals surface area contributed by atoms with Crippen molar-refractivity contribution in [1.29, 1.82) is 0 Å². The monoisotopic (exact) mass is 421 g/mol. The van der Waals surface area contributed by atoms with Crippen LogP contribution in [0.25, 0.3) is 0 Å². The van der Waals surface area contributed by atoms with E-state index in [2.05, 4.69) is 46.9 Å². The number of hydrogen-bond acceptors (Lipinski definition) is 4. The molecule has 1 amide bonds. The van der Waals surface area contributed by atoms with E-state index in [1.165, 1.54) is 47.4 Å². The minimum absolute atomic E-state index is 0.0228. The fraction of sp³-hybridized carbons (Fsp3) is 0.600. The summed E-state index contributed by atoms with van der Waals surface area (Å²) in [6, 6.07) is 7.15. The van der Waals surface area contributed by atoms with Crippen LogP contribution in [0.1, 0.15) is 49.3 Å². The zero-order valence-electron chi connectivity index (χ0n) is 19.1. The summed E-state index contributed by atoms with van der Waals surface area (Å²) in [5.41, 5.74) is 5.38. The van der Waals surface area contributed by atoms with Crippen molar-refractivity contribution in [2.75, 3.05) is 44.2 Å². The molecule has 0 saturated carbocycles. The van der Waals surface area contributed by atoms with Gasteiger partial charge >= 0.3 is 6.03 Å². The molecule has 0 N–H and O–H groups in total. The molecule has 2 aromatic rings. The molecule has 0 spiro atoms. The van der Waals surface area contributed by atoms with Gasteiger partial charge in [-0.15, -0.1) is 0 Å². The lowest BCUT2D eigenvalue weighted by Crippen LogP contribution is -2.36. The molecular formula is C25H35N5O. The molecule has 2 unspecified atom stereocenters. The minimum atomic E-state index is 0.0228. The quantitative estimate of drug-likeness (QED) is 0.750. The molecule has 3 saturated heterocycles. The standard InChI is InChI=1S/C25H35N5O/c1-18(2)20-6-7-21(24(10-20)28-8-4-5-9-28)13-27-14-22-16-29(17-23(22)15-27)25(31)30-12-19(3)11-26-30/h6-7,10-12,18,22-23H,4-5,8-9,13-17H2,1-3H3. The summed E-state index contributed by atoms with van der Waals surface area (Å²) in [4.78, 5) is 19.9. The Bertz CT molecular complexity index is 931. The number of amides is 1. The second kappa shape index (κ2) is 8.30. The number of fused-ring (bicyclic) bond motifs is 1. The van der Waals surface area contributed by atoms with Gasteiger partial charge in [0, 0.05) is 57.7 Å². The third-order valence-corrected chi connectivity index (χ3v) is 7.36. The molecule has 3 fully saturated rings. The Morgan fingerprint density at radius 3 is 2.42 bits per heavy atom. The molecule has 5 rings (SSSR count). The van der Waals surface area contributed by atoms with Crippen LogP contribution in [0.3, 0.4) is 0 Å². The second-order valence-electron chi connectivity index (χ2n) is 10.1. The van der Waals surface area contributed by atoms with Crippen LogP contribution in [0.2, 0.25) is 0 Å². The fourth-order valence-corrected chi connectivity index (χ4v) is 5.60. The zero-order valence-corrected chi connectivity index (χ0v) is 19.1. The largest absolute Gasteiger partial charge is 0.371 e. The van der Waals surface area contributed by atoms with E-state index in [1.54, 1.807) is 6.20 Å². The van der Waals surface area contributed by atoms with E-state index in [0.29, 0.717) is 17.8 Å². The predicted octanol–water partition coefficient (Wildman–Crippen LogP) is 3.95. The summed E-state index contributed by atoms with van der Waals surface area (Å²) in [6.07, 6.45) is 6.18. The van der Waals surface area contributed by atoms with E-state index in [0.717, 1.165) is 38.3 Å². The third kappa shape index (κ3) is 4.10. The molecule has 3 aliphatic rings. The van der Waals surface area contributed by atoms with Crippen molar-refractivity contribution in [1.82, 2.24) is 19.6 Å². The van der Waals surface area contributed by atoms with Crippen molar-refractivity contribution >= 4 is 11.7 Å². The molecule has 1 aromatic carbocycles. The highest BCUT2D eigenvalue weighted by atomic mass is 16.2. The van der Waals surface area contributed by atoms with E-state index in [1.807, 2.05) is 18.0 Å².